The monoisotopic (exact) mass is 359 g/mol. The summed E-state index contributed by atoms with van der Waals surface area (Å²) >= 11 is 5.85. The molecule has 1 aliphatic heterocycles. The van der Waals surface area contributed by atoms with Crippen LogP contribution < -0.4 is 5.32 Å². The Morgan fingerprint density at radius 2 is 2.00 bits per heavy atom. The van der Waals surface area contributed by atoms with Gasteiger partial charge in [0.1, 0.15) is 0 Å². The SMILES string of the molecule is O=C(Nc1ncccc1O)C1CCCN(C(=O)c2ccc(Cl)cc2)C1. The minimum atomic E-state index is -0.341. The highest BCUT2D eigenvalue weighted by atomic mass is 35.5. The summed E-state index contributed by atoms with van der Waals surface area (Å²) in [5, 5.41) is 12.9. The molecule has 0 aliphatic carbocycles. The Balaban J connectivity index is 1.66. The number of pyridine rings is 1. The number of likely N-dealkylation sites (tertiary alicyclic amines) is 1. The van der Waals surface area contributed by atoms with Crippen molar-refractivity contribution in [1.29, 1.82) is 0 Å². The lowest BCUT2D eigenvalue weighted by Crippen LogP contribution is -2.43. The fourth-order valence-electron chi connectivity index (χ4n) is 2.86. The van der Waals surface area contributed by atoms with Gasteiger partial charge in [0.2, 0.25) is 5.91 Å². The van der Waals surface area contributed by atoms with Gasteiger partial charge in [0.25, 0.3) is 5.91 Å². The van der Waals surface area contributed by atoms with Crippen LogP contribution in [0.4, 0.5) is 5.82 Å². The van der Waals surface area contributed by atoms with Crippen LogP contribution in [0.2, 0.25) is 5.02 Å². The zero-order valence-electron chi connectivity index (χ0n) is 13.5. The zero-order valence-corrected chi connectivity index (χ0v) is 14.2. The van der Waals surface area contributed by atoms with E-state index in [-0.39, 0.29) is 29.3 Å². The van der Waals surface area contributed by atoms with E-state index in [9.17, 15) is 14.7 Å². The average Bonchev–Trinajstić information content (AvgIpc) is 2.64. The molecular formula is C18H18ClN3O3. The summed E-state index contributed by atoms with van der Waals surface area (Å²) in [5.74, 6) is -0.654. The van der Waals surface area contributed by atoms with Crippen molar-refractivity contribution < 1.29 is 14.7 Å². The first-order valence-corrected chi connectivity index (χ1v) is 8.42. The molecule has 6 nitrogen and oxygen atoms in total. The van der Waals surface area contributed by atoms with Crippen LogP contribution in [0.1, 0.15) is 23.2 Å². The molecule has 0 bridgehead atoms. The van der Waals surface area contributed by atoms with Crippen LogP contribution in [-0.2, 0) is 4.79 Å². The molecule has 1 aromatic carbocycles. The Morgan fingerprint density at radius 3 is 2.72 bits per heavy atom. The fraction of sp³-hybridized carbons (Fsp3) is 0.278. The van der Waals surface area contributed by atoms with E-state index in [0.29, 0.717) is 30.1 Å². The molecule has 0 radical (unpaired) electrons. The van der Waals surface area contributed by atoms with Crippen molar-refractivity contribution in [2.24, 2.45) is 5.92 Å². The number of carbonyl (C=O) groups is 2. The van der Waals surface area contributed by atoms with Crippen molar-refractivity contribution in [3.8, 4) is 5.75 Å². The van der Waals surface area contributed by atoms with Crippen molar-refractivity contribution in [2.75, 3.05) is 18.4 Å². The van der Waals surface area contributed by atoms with Crippen LogP contribution in [-0.4, -0.2) is 39.9 Å². The Hall–Kier alpha value is -2.60. The molecule has 1 unspecified atom stereocenters. The summed E-state index contributed by atoms with van der Waals surface area (Å²) in [6, 6.07) is 9.75. The van der Waals surface area contributed by atoms with Gasteiger partial charge in [0, 0.05) is 29.9 Å². The lowest BCUT2D eigenvalue weighted by atomic mass is 9.96. The van der Waals surface area contributed by atoms with Gasteiger partial charge < -0.3 is 15.3 Å². The van der Waals surface area contributed by atoms with Crippen LogP contribution in [0.3, 0.4) is 0 Å². The third-order valence-electron chi connectivity index (χ3n) is 4.20. The minimum Gasteiger partial charge on any atom is -0.504 e. The standard InChI is InChI=1S/C18H18ClN3O3/c19-14-7-5-12(6-8-14)18(25)22-10-2-3-13(11-22)17(24)21-16-15(23)4-1-9-20-16/h1,4-9,13,23H,2-3,10-11H2,(H,20,21,24). The van der Waals surface area contributed by atoms with Gasteiger partial charge in [0.15, 0.2) is 11.6 Å². The first-order valence-electron chi connectivity index (χ1n) is 8.04. The molecule has 130 valence electrons. The topological polar surface area (TPSA) is 82.5 Å². The molecule has 2 heterocycles. The van der Waals surface area contributed by atoms with Gasteiger partial charge >= 0.3 is 0 Å². The van der Waals surface area contributed by atoms with Crippen molar-refractivity contribution in [1.82, 2.24) is 9.88 Å². The number of benzene rings is 1. The summed E-state index contributed by atoms with van der Waals surface area (Å²) in [5.41, 5.74) is 0.549. The number of rotatable bonds is 3. The number of aromatic hydroxyl groups is 1. The van der Waals surface area contributed by atoms with Gasteiger partial charge in [-0.25, -0.2) is 4.98 Å². The number of nitrogens with one attached hydrogen (secondary N) is 1. The second kappa shape index (κ2) is 7.53. The lowest BCUT2D eigenvalue weighted by molar-refractivity contribution is -0.121. The van der Waals surface area contributed by atoms with E-state index in [1.54, 1.807) is 35.2 Å². The molecule has 3 rings (SSSR count). The van der Waals surface area contributed by atoms with E-state index in [0.717, 1.165) is 6.42 Å². The predicted octanol–water partition coefficient (Wildman–Crippen LogP) is 2.93. The molecule has 2 aromatic rings. The van der Waals surface area contributed by atoms with Crippen LogP contribution in [0, 0.1) is 5.92 Å². The van der Waals surface area contributed by atoms with E-state index in [1.807, 2.05) is 0 Å². The molecule has 7 heteroatoms. The number of aromatic nitrogens is 1. The molecular weight excluding hydrogens is 342 g/mol. The molecule has 1 aromatic heterocycles. The van der Waals surface area contributed by atoms with Crippen molar-refractivity contribution in [3.63, 3.8) is 0 Å². The number of hydrogen-bond donors (Lipinski definition) is 2. The van der Waals surface area contributed by atoms with E-state index in [1.165, 1.54) is 12.3 Å². The van der Waals surface area contributed by atoms with Crippen molar-refractivity contribution in [2.45, 2.75) is 12.8 Å². The number of hydrogen-bond acceptors (Lipinski definition) is 4. The van der Waals surface area contributed by atoms with Gasteiger partial charge in [-0.3, -0.25) is 9.59 Å². The van der Waals surface area contributed by atoms with Crippen molar-refractivity contribution in [3.05, 3.63) is 53.2 Å². The number of nitrogens with zero attached hydrogens (tertiary/aromatic N) is 2. The molecule has 1 aliphatic rings. The average molecular weight is 360 g/mol. The highest BCUT2D eigenvalue weighted by Gasteiger charge is 2.29. The molecule has 0 spiro atoms. The van der Waals surface area contributed by atoms with Crippen LogP contribution >= 0.6 is 11.6 Å². The van der Waals surface area contributed by atoms with Crippen molar-refractivity contribution >= 4 is 29.2 Å². The summed E-state index contributed by atoms with van der Waals surface area (Å²) in [4.78, 5) is 30.7. The highest BCUT2D eigenvalue weighted by molar-refractivity contribution is 6.30. The van der Waals surface area contributed by atoms with Gasteiger partial charge in [-0.2, -0.15) is 0 Å². The quantitative estimate of drug-likeness (QED) is 0.882. The number of piperidine rings is 1. The minimum absolute atomic E-state index is 0.0826. The number of anilines is 1. The van der Waals surface area contributed by atoms with Gasteiger partial charge in [-0.15, -0.1) is 0 Å². The molecule has 1 saturated heterocycles. The van der Waals surface area contributed by atoms with Gasteiger partial charge in [-0.05, 0) is 49.2 Å². The maximum Gasteiger partial charge on any atom is 0.253 e. The molecule has 1 fully saturated rings. The summed E-state index contributed by atoms with van der Waals surface area (Å²) in [6.07, 6.45) is 2.92. The maximum atomic E-state index is 12.6. The summed E-state index contributed by atoms with van der Waals surface area (Å²) < 4.78 is 0. The number of amides is 2. The number of halogens is 1. The second-order valence-corrected chi connectivity index (χ2v) is 6.39. The Morgan fingerprint density at radius 1 is 1.24 bits per heavy atom. The predicted molar refractivity (Wildman–Crippen MR) is 94.6 cm³/mol. The Labute approximate surface area is 150 Å². The summed E-state index contributed by atoms with van der Waals surface area (Å²) in [7, 11) is 0. The zero-order chi connectivity index (χ0) is 17.8. The van der Waals surface area contributed by atoms with Gasteiger partial charge in [-0.1, -0.05) is 11.6 Å². The molecule has 2 N–H and O–H groups in total. The lowest BCUT2D eigenvalue weighted by Gasteiger charge is -2.32. The third-order valence-corrected chi connectivity index (χ3v) is 4.45. The third kappa shape index (κ3) is 4.09. The van der Waals surface area contributed by atoms with Gasteiger partial charge in [0.05, 0.1) is 5.92 Å². The molecule has 0 saturated carbocycles. The Bertz CT molecular complexity index is 779. The number of carbonyl (C=O) groups excluding carboxylic acids is 2. The second-order valence-electron chi connectivity index (χ2n) is 5.96. The maximum absolute atomic E-state index is 12.6. The molecule has 2 amide bonds. The largest absolute Gasteiger partial charge is 0.504 e. The first kappa shape index (κ1) is 17.2. The molecule has 25 heavy (non-hydrogen) atoms. The normalized spacial score (nSPS) is 17.2. The van der Waals surface area contributed by atoms with E-state index in [4.69, 9.17) is 11.6 Å². The van der Waals surface area contributed by atoms with E-state index < -0.39 is 0 Å². The van der Waals surface area contributed by atoms with Crippen LogP contribution in [0.25, 0.3) is 0 Å². The first-order chi connectivity index (χ1) is 12.0. The van der Waals surface area contributed by atoms with E-state index in [2.05, 4.69) is 10.3 Å². The molecule has 1 atom stereocenters. The summed E-state index contributed by atoms with van der Waals surface area (Å²) in [6.45, 7) is 0.945. The van der Waals surface area contributed by atoms with Crippen LogP contribution in [0.15, 0.2) is 42.6 Å². The Kier molecular flexibility index (Phi) is 5.19. The smallest absolute Gasteiger partial charge is 0.253 e. The highest BCUT2D eigenvalue weighted by Crippen LogP contribution is 2.23. The fourth-order valence-corrected chi connectivity index (χ4v) is 2.99. The van der Waals surface area contributed by atoms with Crippen LogP contribution in [0.5, 0.6) is 5.75 Å². The van der Waals surface area contributed by atoms with E-state index >= 15 is 0 Å².